The Morgan fingerprint density at radius 1 is 1.62 bits per heavy atom. The van der Waals surface area contributed by atoms with Crippen LogP contribution in [0.15, 0.2) is 28.4 Å². The summed E-state index contributed by atoms with van der Waals surface area (Å²) >= 11 is 5.08. The number of nitrogens with zero attached hydrogens (tertiary/aromatic N) is 3. The molecule has 16 heavy (non-hydrogen) atoms. The van der Waals surface area contributed by atoms with Crippen LogP contribution in [0.4, 0.5) is 0 Å². The van der Waals surface area contributed by atoms with Crippen LogP contribution in [0.3, 0.4) is 0 Å². The van der Waals surface area contributed by atoms with E-state index in [-0.39, 0.29) is 6.04 Å². The molecule has 86 valence electrons. The molecule has 0 aliphatic carbocycles. The molecule has 0 aliphatic rings. The van der Waals surface area contributed by atoms with Crippen molar-refractivity contribution >= 4 is 27.3 Å². The summed E-state index contributed by atoms with van der Waals surface area (Å²) in [5.41, 5.74) is 0. The van der Waals surface area contributed by atoms with Gasteiger partial charge in [-0.2, -0.15) is 5.10 Å². The second-order valence-corrected chi connectivity index (χ2v) is 5.89. The fourth-order valence-electron chi connectivity index (χ4n) is 1.38. The lowest BCUT2D eigenvalue weighted by molar-refractivity contribution is 0.506. The second kappa shape index (κ2) is 5.56. The molecule has 0 radical (unpaired) electrons. The molecule has 2 heterocycles. The van der Waals surface area contributed by atoms with Crippen molar-refractivity contribution in [2.45, 2.75) is 19.5 Å². The molecule has 1 unspecified atom stereocenters. The summed E-state index contributed by atoms with van der Waals surface area (Å²) in [6.45, 7) is 3.89. The van der Waals surface area contributed by atoms with Crippen LogP contribution in [0.25, 0.3) is 0 Å². The van der Waals surface area contributed by atoms with E-state index in [1.165, 1.54) is 0 Å². The standard InChI is InChI=1S/C10H13BrN4S/c1-8(10-13-7-9(11)16-10)12-4-6-15-5-2-3-14-15/h2-3,5,7-8,12H,4,6H2,1H3. The van der Waals surface area contributed by atoms with Crippen LogP contribution in [-0.4, -0.2) is 21.3 Å². The minimum Gasteiger partial charge on any atom is -0.306 e. The number of hydrogen-bond acceptors (Lipinski definition) is 4. The van der Waals surface area contributed by atoms with E-state index in [4.69, 9.17) is 0 Å². The molecule has 0 fully saturated rings. The fraction of sp³-hybridized carbons (Fsp3) is 0.400. The molecule has 6 heteroatoms. The van der Waals surface area contributed by atoms with E-state index in [2.05, 4.69) is 38.3 Å². The molecule has 0 bridgehead atoms. The zero-order valence-electron chi connectivity index (χ0n) is 8.93. The maximum Gasteiger partial charge on any atom is 0.110 e. The van der Waals surface area contributed by atoms with E-state index >= 15 is 0 Å². The average molecular weight is 301 g/mol. The van der Waals surface area contributed by atoms with Crippen molar-refractivity contribution in [2.24, 2.45) is 0 Å². The van der Waals surface area contributed by atoms with E-state index in [0.29, 0.717) is 0 Å². The molecule has 0 saturated heterocycles. The molecule has 4 nitrogen and oxygen atoms in total. The van der Waals surface area contributed by atoms with Crippen molar-refractivity contribution in [1.82, 2.24) is 20.1 Å². The normalized spacial score (nSPS) is 12.9. The largest absolute Gasteiger partial charge is 0.306 e. The van der Waals surface area contributed by atoms with E-state index in [1.807, 2.05) is 23.1 Å². The molecule has 0 aliphatic heterocycles. The first-order chi connectivity index (χ1) is 7.75. The van der Waals surface area contributed by atoms with E-state index in [0.717, 1.165) is 21.9 Å². The lowest BCUT2D eigenvalue weighted by Crippen LogP contribution is -2.23. The highest BCUT2D eigenvalue weighted by molar-refractivity contribution is 9.11. The van der Waals surface area contributed by atoms with Crippen LogP contribution in [-0.2, 0) is 6.54 Å². The summed E-state index contributed by atoms with van der Waals surface area (Å²) in [4.78, 5) is 4.32. The highest BCUT2D eigenvalue weighted by atomic mass is 79.9. The van der Waals surface area contributed by atoms with Crippen molar-refractivity contribution in [1.29, 1.82) is 0 Å². The summed E-state index contributed by atoms with van der Waals surface area (Å²) in [6.07, 6.45) is 5.60. The predicted molar refractivity (Wildman–Crippen MR) is 68.5 cm³/mol. The SMILES string of the molecule is CC(NCCn1cccn1)c1ncc(Br)s1. The lowest BCUT2D eigenvalue weighted by atomic mass is 10.3. The van der Waals surface area contributed by atoms with E-state index in [1.54, 1.807) is 17.5 Å². The van der Waals surface area contributed by atoms with Gasteiger partial charge >= 0.3 is 0 Å². The van der Waals surface area contributed by atoms with Gasteiger partial charge in [-0.3, -0.25) is 4.68 Å². The van der Waals surface area contributed by atoms with Gasteiger partial charge < -0.3 is 5.32 Å². The fourth-order valence-corrected chi connectivity index (χ4v) is 2.65. The Labute approximate surface area is 107 Å². The van der Waals surface area contributed by atoms with Gasteiger partial charge in [-0.1, -0.05) is 0 Å². The van der Waals surface area contributed by atoms with Gasteiger partial charge in [-0.15, -0.1) is 11.3 Å². The molecule has 2 aromatic rings. The van der Waals surface area contributed by atoms with Crippen LogP contribution in [0, 0.1) is 0 Å². The van der Waals surface area contributed by atoms with Gasteiger partial charge in [0.25, 0.3) is 0 Å². The number of rotatable bonds is 5. The van der Waals surface area contributed by atoms with Crippen molar-refractivity contribution in [3.8, 4) is 0 Å². The summed E-state index contributed by atoms with van der Waals surface area (Å²) in [5.74, 6) is 0. The van der Waals surface area contributed by atoms with Gasteiger partial charge in [0.2, 0.25) is 0 Å². The monoisotopic (exact) mass is 300 g/mol. The van der Waals surface area contributed by atoms with Crippen molar-refractivity contribution in [3.63, 3.8) is 0 Å². The van der Waals surface area contributed by atoms with Gasteiger partial charge in [0, 0.05) is 18.9 Å². The van der Waals surface area contributed by atoms with Crippen LogP contribution in [0.2, 0.25) is 0 Å². The predicted octanol–water partition coefficient (Wildman–Crippen LogP) is 2.45. The maximum absolute atomic E-state index is 4.32. The molecule has 0 spiro atoms. The molecule has 1 N–H and O–H groups in total. The minimum atomic E-state index is 0.284. The molecule has 0 amide bonds. The zero-order valence-corrected chi connectivity index (χ0v) is 11.3. The molecular weight excluding hydrogens is 288 g/mol. The second-order valence-electron chi connectivity index (χ2n) is 3.45. The van der Waals surface area contributed by atoms with E-state index < -0.39 is 0 Å². The average Bonchev–Trinajstić information content (AvgIpc) is 2.89. The first-order valence-electron chi connectivity index (χ1n) is 5.08. The smallest absolute Gasteiger partial charge is 0.110 e. The van der Waals surface area contributed by atoms with Crippen LogP contribution >= 0.6 is 27.3 Å². The summed E-state index contributed by atoms with van der Waals surface area (Å²) in [7, 11) is 0. The molecular formula is C10H13BrN4S. The Kier molecular flexibility index (Phi) is 4.09. The van der Waals surface area contributed by atoms with Crippen molar-refractivity contribution in [2.75, 3.05) is 6.54 Å². The Balaban J connectivity index is 1.78. The van der Waals surface area contributed by atoms with Crippen molar-refractivity contribution < 1.29 is 0 Å². The first-order valence-corrected chi connectivity index (χ1v) is 6.68. The molecule has 1 atom stereocenters. The third kappa shape index (κ3) is 3.13. The number of aromatic nitrogens is 3. The lowest BCUT2D eigenvalue weighted by Gasteiger charge is -2.10. The Bertz CT molecular complexity index is 426. The number of hydrogen-bond donors (Lipinski definition) is 1. The van der Waals surface area contributed by atoms with Crippen LogP contribution in [0.5, 0.6) is 0 Å². The highest BCUT2D eigenvalue weighted by Gasteiger charge is 2.08. The molecule has 0 aromatic carbocycles. The zero-order chi connectivity index (χ0) is 11.4. The van der Waals surface area contributed by atoms with Gasteiger partial charge in [0.15, 0.2) is 0 Å². The van der Waals surface area contributed by atoms with Crippen LogP contribution < -0.4 is 5.32 Å². The molecule has 0 saturated carbocycles. The summed E-state index contributed by atoms with van der Waals surface area (Å²) < 4.78 is 2.99. The topological polar surface area (TPSA) is 42.7 Å². The number of halogens is 1. The Hall–Kier alpha value is -0.720. The highest BCUT2D eigenvalue weighted by Crippen LogP contribution is 2.23. The van der Waals surface area contributed by atoms with Gasteiger partial charge in [0.1, 0.15) is 5.01 Å². The number of thiazole rings is 1. The third-order valence-corrected chi connectivity index (χ3v) is 3.88. The molecule has 2 aromatic heterocycles. The van der Waals surface area contributed by atoms with Gasteiger partial charge in [-0.25, -0.2) is 4.98 Å². The maximum atomic E-state index is 4.32. The molecule has 2 rings (SSSR count). The summed E-state index contributed by atoms with van der Waals surface area (Å²) in [5, 5.41) is 8.67. The first kappa shape index (κ1) is 11.8. The Morgan fingerprint density at radius 2 is 2.50 bits per heavy atom. The van der Waals surface area contributed by atoms with Gasteiger partial charge in [0.05, 0.1) is 22.6 Å². The Morgan fingerprint density at radius 3 is 3.12 bits per heavy atom. The third-order valence-electron chi connectivity index (χ3n) is 2.22. The van der Waals surface area contributed by atoms with Crippen molar-refractivity contribution in [3.05, 3.63) is 33.5 Å². The van der Waals surface area contributed by atoms with Gasteiger partial charge in [-0.05, 0) is 28.9 Å². The van der Waals surface area contributed by atoms with E-state index in [9.17, 15) is 0 Å². The minimum absolute atomic E-state index is 0.284. The van der Waals surface area contributed by atoms with Crippen LogP contribution in [0.1, 0.15) is 18.0 Å². The quantitative estimate of drug-likeness (QED) is 0.922. The summed E-state index contributed by atoms with van der Waals surface area (Å²) in [6, 6.07) is 2.22. The number of nitrogens with one attached hydrogen (secondary N) is 1.